The van der Waals surface area contributed by atoms with Gasteiger partial charge in [0.25, 0.3) is 0 Å². The van der Waals surface area contributed by atoms with E-state index in [-0.39, 0.29) is 11.7 Å². The number of rotatable bonds is 5. The molecule has 24 heavy (non-hydrogen) atoms. The van der Waals surface area contributed by atoms with Crippen LogP contribution in [-0.4, -0.2) is 34.2 Å². The highest BCUT2D eigenvalue weighted by molar-refractivity contribution is 6.02. The van der Waals surface area contributed by atoms with E-state index in [2.05, 4.69) is 0 Å². The molecule has 0 aromatic heterocycles. The van der Waals surface area contributed by atoms with E-state index in [1.165, 1.54) is 0 Å². The van der Waals surface area contributed by atoms with Crippen LogP contribution in [-0.2, 0) is 0 Å². The minimum absolute atomic E-state index is 0.0758. The summed E-state index contributed by atoms with van der Waals surface area (Å²) in [5.41, 5.74) is 2.56. The molecule has 1 aliphatic carbocycles. The van der Waals surface area contributed by atoms with Crippen molar-refractivity contribution >= 4 is 5.78 Å². The Labute approximate surface area is 141 Å². The summed E-state index contributed by atoms with van der Waals surface area (Å²) in [4.78, 5) is 12.5. The first-order chi connectivity index (χ1) is 11.6. The van der Waals surface area contributed by atoms with E-state index < -0.39 is 0 Å². The molecule has 0 bridgehead atoms. The largest absolute Gasteiger partial charge is 0.497 e. The number of Topliss-reactive ketones (excluding diaryl/α,β-unsaturated/α-hetero) is 1. The zero-order chi connectivity index (χ0) is 17.3. The van der Waals surface area contributed by atoms with Crippen molar-refractivity contribution in [3.05, 3.63) is 47.0 Å². The molecule has 0 N–H and O–H groups in total. The summed E-state index contributed by atoms with van der Waals surface area (Å²) in [5, 5.41) is 0. The topological polar surface area (TPSA) is 54.0 Å². The molecule has 3 rings (SSSR count). The zero-order valence-electron chi connectivity index (χ0n) is 14.2. The second-order valence-electron chi connectivity index (χ2n) is 5.58. The molecule has 0 heterocycles. The Hall–Kier alpha value is -2.69. The van der Waals surface area contributed by atoms with Crippen LogP contribution in [0.25, 0.3) is 0 Å². The number of fused-ring (bicyclic) bond motifs is 1. The number of hydrogen-bond donors (Lipinski definition) is 0. The third-order valence-corrected chi connectivity index (χ3v) is 4.44. The maximum Gasteiger partial charge on any atom is 0.164 e. The van der Waals surface area contributed by atoms with Crippen LogP contribution < -0.4 is 18.9 Å². The minimum atomic E-state index is -0.0758. The normalized spacial score (nSPS) is 15.8. The third-order valence-electron chi connectivity index (χ3n) is 4.44. The van der Waals surface area contributed by atoms with Crippen molar-refractivity contribution in [3.63, 3.8) is 0 Å². The monoisotopic (exact) mass is 328 g/mol. The van der Waals surface area contributed by atoms with E-state index in [9.17, 15) is 4.79 Å². The van der Waals surface area contributed by atoms with Crippen LogP contribution in [0.3, 0.4) is 0 Å². The molecule has 0 saturated carbocycles. The van der Waals surface area contributed by atoms with Crippen molar-refractivity contribution in [2.24, 2.45) is 0 Å². The Morgan fingerprint density at radius 3 is 2.08 bits per heavy atom. The summed E-state index contributed by atoms with van der Waals surface area (Å²) in [5.74, 6) is 2.61. The predicted octanol–water partition coefficient (Wildman–Crippen LogP) is 3.44. The van der Waals surface area contributed by atoms with Crippen molar-refractivity contribution in [2.45, 2.75) is 12.3 Å². The Kier molecular flexibility index (Phi) is 4.34. The van der Waals surface area contributed by atoms with E-state index in [1.54, 1.807) is 34.5 Å². The van der Waals surface area contributed by atoms with Gasteiger partial charge in [-0.2, -0.15) is 0 Å². The van der Waals surface area contributed by atoms with Crippen LogP contribution >= 0.6 is 0 Å². The van der Waals surface area contributed by atoms with Gasteiger partial charge in [0, 0.05) is 29.5 Å². The lowest BCUT2D eigenvalue weighted by atomic mass is 9.92. The summed E-state index contributed by atoms with van der Waals surface area (Å²) in [7, 11) is 6.38. The van der Waals surface area contributed by atoms with Crippen molar-refractivity contribution in [2.75, 3.05) is 28.4 Å². The first-order valence-electron chi connectivity index (χ1n) is 7.64. The molecule has 1 aliphatic rings. The van der Waals surface area contributed by atoms with Crippen molar-refractivity contribution < 1.29 is 23.7 Å². The van der Waals surface area contributed by atoms with Crippen LogP contribution in [0.4, 0.5) is 0 Å². The van der Waals surface area contributed by atoms with Crippen LogP contribution in [0.1, 0.15) is 33.8 Å². The molecule has 0 aliphatic heterocycles. The highest BCUT2D eigenvalue weighted by Gasteiger charge is 2.34. The number of ether oxygens (including phenoxy) is 4. The van der Waals surface area contributed by atoms with Gasteiger partial charge in [-0.15, -0.1) is 0 Å². The molecule has 1 atom stereocenters. The molecule has 1 unspecified atom stereocenters. The van der Waals surface area contributed by atoms with Gasteiger partial charge < -0.3 is 18.9 Å². The standard InChI is InChI=1S/C19H20O5/c1-21-11-5-6-12(17(7-11)22-2)13-8-16(20)15-10-19(24-4)18(23-3)9-14(13)15/h5-7,9-10,13H,8H2,1-4H3. The first kappa shape index (κ1) is 16.2. The molecule has 0 radical (unpaired) electrons. The van der Waals surface area contributed by atoms with Gasteiger partial charge in [-0.1, -0.05) is 6.07 Å². The van der Waals surface area contributed by atoms with Crippen molar-refractivity contribution in [3.8, 4) is 23.0 Å². The Balaban J connectivity index is 2.12. The SMILES string of the molecule is COc1ccc(C2CC(=O)c3cc(OC)c(OC)cc32)c(OC)c1. The van der Waals surface area contributed by atoms with E-state index >= 15 is 0 Å². The van der Waals surface area contributed by atoms with Gasteiger partial charge in [-0.05, 0) is 23.8 Å². The van der Waals surface area contributed by atoms with Crippen LogP contribution in [0, 0.1) is 0 Å². The maximum atomic E-state index is 12.5. The lowest BCUT2D eigenvalue weighted by Crippen LogP contribution is -2.01. The fraction of sp³-hybridized carbons (Fsp3) is 0.316. The molecule has 0 saturated heterocycles. The number of methoxy groups -OCH3 is 4. The first-order valence-corrected chi connectivity index (χ1v) is 7.64. The summed E-state index contributed by atoms with van der Waals surface area (Å²) in [6.45, 7) is 0. The van der Waals surface area contributed by atoms with E-state index in [1.807, 2.05) is 24.3 Å². The van der Waals surface area contributed by atoms with Gasteiger partial charge in [-0.3, -0.25) is 4.79 Å². The average molecular weight is 328 g/mol. The van der Waals surface area contributed by atoms with Gasteiger partial charge in [0.05, 0.1) is 28.4 Å². The third kappa shape index (κ3) is 2.56. The quantitative estimate of drug-likeness (QED) is 0.841. The molecule has 0 fully saturated rings. The molecule has 2 aromatic carbocycles. The number of hydrogen-bond acceptors (Lipinski definition) is 5. The molecule has 0 amide bonds. The zero-order valence-corrected chi connectivity index (χ0v) is 14.2. The van der Waals surface area contributed by atoms with Gasteiger partial charge in [0.1, 0.15) is 11.5 Å². The molecular formula is C19H20O5. The second kappa shape index (κ2) is 6.43. The fourth-order valence-electron chi connectivity index (χ4n) is 3.21. The van der Waals surface area contributed by atoms with E-state index in [0.29, 0.717) is 35.0 Å². The summed E-state index contributed by atoms with van der Waals surface area (Å²) in [6, 6.07) is 9.29. The van der Waals surface area contributed by atoms with Crippen molar-refractivity contribution in [1.29, 1.82) is 0 Å². The van der Waals surface area contributed by atoms with Crippen LogP contribution in [0.2, 0.25) is 0 Å². The number of carbonyl (C=O) groups excluding carboxylic acids is 1. The summed E-state index contributed by atoms with van der Waals surface area (Å²) >= 11 is 0. The van der Waals surface area contributed by atoms with Gasteiger partial charge >= 0.3 is 0 Å². The number of carbonyl (C=O) groups is 1. The van der Waals surface area contributed by atoms with E-state index in [4.69, 9.17) is 18.9 Å². The molecule has 126 valence electrons. The highest BCUT2D eigenvalue weighted by Crippen LogP contribution is 2.46. The average Bonchev–Trinajstić information content (AvgIpc) is 2.95. The number of benzene rings is 2. The van der Waals surface area contributed by atoms with Gasteiger partial charge in [-0.25, -0.2) is 0 Å². The number of ketones is 1. The molecule has 2 aromatic rings. The van der Waals surface area contributed by atoms with Gasteiger partial charge in [0.2, 0.25) is 0 Å². The Morgan fingerprint density at radius 1 is 0.792 bits per heavy atom. The lowest BCUT2D eigenvalue weighted by molar-refractivity contribution is 0.0991. The van der Waals surface area contributed by atoms with Crippen LogP contribution in [0.5, 0.6) is 23.0 Å². The Bertz CT molecular complexity index is 782. The molecular weight excluding hydrogens is 308 g/mol. The molecule has 5 nitrogen and oxygen atoms in total. The van der Waals surface area contributed by atoms with E-state index in [0.717, 1.165) is 11.1 Å². The molecule has 0 spiro atoms. The lowest BCUT2D eigenvalue weighted by Gasteiger charge is -2.17. The smallest absolute Gasteiger partial charge is 0.164 e. The van der Waals surface area contributed by atoms with Gasteiger partial charge in [0.15, 0.2) is 17.3 Å². The maximum absolute atomic E-state index is 12.5. The molecule has 5 heteroatoms. The predicted molar refractivity (Wildman–Crippen MR) is 89.9 cm³/mol. The second-order valence-corrected chi connectivity index (χ2v) is 5.58. The summed E-state index contributed by atoms with van der Waals surface area (Å²) in [6.07, 6.45) is 0.397. The Morgan fingerprint density at radius 2 is 1.46 bits per heavy atom. The highest BCUT2D eigenvalue weighted by atomic mass is 16.5. The fourth-order valence-corrected chi connectivity index (χ4v) is 3.21. The summed E-state index contributed by atoms with van der Waals surface area (Å²) < 4.78 is 21.4. The van der Waals surface area contributed by atoms with Crippen molar-refractivity contribution in [1.82, 2.24) is 0 Å². The minimum Gasteiger partial charge on any atom is -0.497 e. The van der Waals surface area contributed by atoms with Crippen LogP contribution in [0.15, 0.2) is 30.3 Å².